The first kappa shape index (κ1) is 21.5. The molecule has 0 bridgehead atoms. The predicted molar refractivity (Wildman–Crippen MR) is 124 cm³/mol. The molecule has 0 atom stereocenters. The second-order valence-electron chi connectivity index (χ2n) is 7.70. The quantitative estimate of drug-likeness (QED) is 0.553. The number of carbonyl (C=O) groups excluding carboxylic acids is 1. The molecule has 2 aromatic carbocycles. The summed E-state index contributed by atoms with van der Waals surface area (Å²) >= 11 is 0. The van der Waals surface area contributed by atoms with Gasteiger partial charge in [-0.05, 0) is 18.6 Å². The normalized spacial score (nSPS) is 14.1. The third-order valence-electron chi connectivity index (χ3n) is 5.59. The first-order valence-corrected chi connectivity index (χ1v) is 10.9. The van der Waals surface area contributed by atoms with Gasteiger partial charge in [0.05, 0.1) is 23.4 Å². The Morgan fingerprint density at radius 3 is 2.31 bits per heavy atom. The molecule has 4 rings (SSSR count). The SMILES string of the molecule is CCOC(=O)c1cc(C#N)c(N2CCN(Cc3ccccc3)CC2)nc1-c1ccccc1. The first-order valence-electron chi connectivity index (χ1n) is 10.9. The standard InChI is InChI=1S/C26H26N4O2/c1-2-32-26(31)23-17-22(18-27)25(28-24(23)21-11-7-4-8-12-21)30-15-13-29(14-16-30)19-20-9-5-3-6-10-20/h3-12,17H,2,13-16,19H2,1H3. The second kappa shape index (κ2) is 10.1. The molecule has 1 saturated heterocycles. The van der Waals surface area contributed by atoms with E-state index in [-0.39, 0.29) is 6.61 Å². The van der Waals surface area contributed by atoms with Crippen LogP contribution >= 0.6 is 0 Å². The Kier molecular flexibility index (Phi) is 6.78. The molecule has 0 spiro atoms. The molecular formula is C26H26N4O2. The summed E-state index contributed by atoms with van der Waals surface area (Å²) in [6.07, 6.45) is 0. The Labute approximate surface area is 188 Å². The smallest absolute Gasteiger partial charge is 0.340 e. The summed E-state index contributed by atoms with van der Waals surface area (Å²) in [6.45, 7) is 6.22. The van der Waals surface area contributed by atoms with Gasteiger partial charge >= 0.3 is 5.97 Å². The van der Waals surface area contributed by atoms with Gasteiger partial charge in [0.25, 0.3) is 0 Å². The predicted octanol–water partition coefficient (Wildman–Crippen LogP) is 4.12. The third kappa shape index (κ3) is 4.79. The van der Waals surface area contributed by atoms with E-state index in [4.69, 9.17) is 9.72 Å². The van der Waals surface area contributed by atoms with Gasteiger partial charge in [-0.1, -0.05) is 60.7 Å². The topological polar surface area (TPSA) is 69.5 Å². The number of rotatable bonds is 6. The number of hydrogen-bond acceptors (Lipinski definition) is 6. The summed E-state index contributed by atoms with van der Waals surface area (Å²) in [5, 5.41) is 9.81. The zero-order valence-electron chi connectivity index (χ0n) is 18.2. The van der Waals surface area contributed by atoms with Crippen LogP contribution in [0.15, 0.2) is 66.7 Å². The molecule has 0 unspecified atom stereocenters. The fraction of sp³-hybridized carbons (Fsp3) is 0.269. The fourth-order valence-corrected chi connectivity index (χ4v) is 3.97. The molecule has 3 aromatic rings. The molecule has 1 aliphatic heterocycles. The van der Waals surface area contributed by atoms with E-state index in [1.807, 2.05) is 36.4 Å². The summed E-state index contributed by atoms with van der Waals surface area (Å²) in [6, 6.07) is 23.9. The lowest BCUT2D eigenvalue weighted by Crippen LogP contribution is -2.46. The average molecular weight is 427 g/mol. The molecule has 0 N–H and O–H groups in total. The van der Waals surface area contributed by atoms with Gasteiger partial charge in [-0.2, -0.15) is 5.26 Å². The lowest BCUT2D eigenvalue weighted by atomic mass is 10.0. The van der Waals surface area contributed by atoms with Gasteiger partial charge in [-0.15, -0.1) is 0 Å². The molecule has 32 heavy (non-hydrogen) atoms. The van der Waals surface area contributed by atoms with E-state index in [1.54, 1.807) is 13.0 Å². The van der Waals surface area contributed by atoms with Crippen LogP contribution in [-0.2, 0) is 11.3 Å². The van der Waals surface area contributed by atoms with E-state index in [2.05, 4.69) is 40.1 Å². The number of ether oxygens (including phenoxy) is 1. The van der Waals surface area contributed by atoms with Crippen LogP contribution in [0.1, 0.15) is 28.4 Å². The van der Waals surface area contributed by atoms with Crippen molar-refractivity contribution in [1.82, 2.24) is 9.88 Å². The maximum Gasteiger partial charge on any atom is 0.340 e. The van der Waals surface area contributed by atoms with Crippen LogP contribution in [0.4, 0.5) is 5.82 Å². The van der Waals surface area contributed by atoms with Gasteiger partial charge in [0.2, 0.25) is 0 Å². The van der Waals surface area contributed by atoms with Crippen LogP contribution in [0.5, 0.6) is 0 Å². The number of aromatic nitrogens is 1. The van der Waals surface area contributed by atoms with Crippen molar-refractivity contribution in [3.05, 3.63) is 83.4 Å². The number of anilines is 1. The molecule has 162 valence electrons. The minimum atomic E-state index is -0.463. The van der Waals surface area contributed by atoms with Crippen molar-refractivity contribution in [2.75, 3.05) is 37.7 Å². The number of carbonyl (C=O) groups is 1. The van der Waals surface area contributed by atoms with Crippen LogP contribution in [-0.4, -0.2) is 48.6 Å². The highest BCUT2D eigenvalue weighted by atomic mass is 16.5. The molecule has 1 aromatic heterocycles. The maximum absolute atomic E-state index is 12.6. The van der Waals surface area contributed by atoms with Gasteiger partial charge in [0, 0.05) is 38.3 Å². The largest absolute Gasteiger partial charge is 0.462 e. The highest BCUT2D eigenvalue weighted by Gasteiger charge is 2.25. The number of pyridine rings is 1. The number of esters is 1. The van der Waals surface area contributed by atoms with Crippen LogP contribution in [0, 0.1) is 11.3 Å². The summed E-state index contributed by atoms with van der Waals surface area (Å²) in [5.74, 6) is 0.161. The summed E-state index contributed by atoms with van der Waals surface area (Å²) in [4.78, 5) is 22.0. The zero-order valence-corrected chi connectivity index (χ0v) is 18.2. The lowest BCUT2D eigenvalue weighted by molar-refractivity contribution is 0.0527. The molecule has 0 saturated carbocycles. The van der Waals surface area contributed by atoms with E-state index in [9.17, 15) is 10.1 Å². The summed E-state index contributed by atoms with van der Waals surface area (Å²) in [7, 11) is 0. The first-order chi connectivity index (χ1) is 15.7. The van der Waals surface area contributed by atoms with Crippen molar-refractivity contribution < 1.29 is 9.53 Å². The van der Waals surface area contributed by atoms with Crippen molar-refractivity contribution in [3.63, 3.8) is 0 Å². The van der Waals surface area contributed by atoms with Gasteiger partial charge in [0.15, 0.2) is 0 Å². The minimum absolute atomic E-state index is 0.264. The minimum Gasteiger partial charge on any atom is -0.462 e. The Balaban J connectivity index is 1.61. The van der Waals surface area contributed by atoms with Crippen LogP contribution < -0.4 is 4.90 Å². The monoisotopic (exact) mass is 426 g/mol. The number of piperazine rings is 1. The summed E-state index contributed by atoms with van der Waals surface area (Å²) < 4.78 is 5.24. The highest BCUT2D eigenvalue weighted by molar-refractivity contribution is 5.97. The van der Waals surface area contributed by atoms with Crippen LogP contribution in [0.2, 0.25) is 0 Å². The van der Waals surface area contributed by atoms with Gasteiger partial charge < -0.3 is 9.64 Å². The van der Waals surface area contributed by atoms with E-state index in [0.29, 0.717) is 22.6 Å². The Bertz CT molecular complexity index is 1100. The van der Waals surface area contributed by atoms with E-state index >= 15 is 0 Å². The summed E-state index contributed by atoms with van der Waals surface area (Å²) in [5.41, 5.74) is 3.38. The number of nitrogens with zero attached hydrogens (tertiary/aromatic N) is 4. The second-order valence-corrected chi connectivity index (χ2v) is 7.70. The van der Waals surface area contributed by atoms with Crippen molar-refractivity contribution >= 4 is 11.8 Å². The van der Waals surface area contributed by atoms with Gasteiger partial charge in [-0.3, -0.25) is 4.90 Å². The molecule has 0 amide bonds. The van der Waals surface area contributed by atoms with Crippen molar-refractivity contribution in [3.8, 4) is 17.3 Å². The Hall–Kier alpha value is -3.69. The highest BCUT2D eigenvalue weighted by Crippen LogP contribution is 2.29. The maximum atomic E-state index is 12.6. The molecule has 2 heterocycles. The van der Waals surface area contributed by atoms with Gasteiger partial charge in [0.1, 0.15) is 11.9 Å². The van der Waals surface area contributed by atoms with E-state index in [1.165, 1.54) is 5.56 Å². The number of nitriles is 1. The number of benzene rings is 2. The molecule has 6 heteroatoms. The molecule has 6 nitrogen and oxygen atoms in total. The van der Waals surface area contributed by atoms with Gasteiger partial charge in [-0.25, -0.2) is 9.78 Å². The van der Waals surface area contributed by atoms with Crippen molar-refractivity contribution in [2.24, 2.45) is 0 Å². The van der Waals surface area contributed by atoms with Crippen molar-refractivity contribution in [1.29, 1.82) is 5.26 Å². The van der Waals surface area contributed by atoms with Crippen molar-refractivity contribution in [2.45, 2.75) is 13.5 Å². The number of hydrogen-bond donors (Lipinski definition) is 0. The van der Waals surface area contributed by atoms with Crippen LogP contribution in [0.25, 0.3) is 11.3 Å². The van der Waals surface area contributed by atoms with E-state index < -0.39 is 5.97 Å². The average Bonchev–Trinajstić information content (AvgIpc) is 2.85. The molecule has 1 fully saturated rings. The fourth-order valence-electron chi connectivity index (χ4n) is 3.97. The van der Waals surface area contributed by atoms with Crippen LogP contribution in [0.3, 0.4) is 0 Å². The zero-order chi connectivity index (χ0) is 22.3. The molecule has 0 radical (unpaired) electrons. The van der Waals surface area contributed by atoms with E-state index in [0.717, 1.165) is 38.3 Å². The third-order valence-corrected chi connectivity index (χ3v) is 5.59. The Morgan fingerprint density at radius 1 is 1.03 bits per heavy atom. The Morgan fingerprint density at radius 2 is 1.69 bits per heavy atom. The lowest BCUT2D eigenvalue weighted by Gasteiger charge is -2.36. The molecule has 0 aliphatic carbocycles. The molecular weight excluding hydrogens is 400 g/mol. The molecule has 1 aliphatic rings.